The Morgan fingerprint density at radius 1 is 1.16 bits per heavy atom. The van der Waals surface area contributed by atoms with E-state index in [4.69, 9.17) is 9.47 Å². The zero-order valence-corrected chi connectivity index (χ0v) is 17.4. The van der Waals surface area contributed by atoms with E-state index in [1.54, 1.807) is 18.2 Å². The molecule has 7 nitrogen and oxygen atoms in total. The van der Waals surface area contributed by atoms with E-state index >= 15 is 0 Å². The highest BCUT2D eigenvalue weighted by Crippen LogP contribution is 2.44. The van der Waals surface area contributed by atoms with Gasteiger partial charge in [0.1, 0.15) is 18.2 Å². The molecule has 5 rings (SSSR count). The van der Waals surface area contributed by atoms with Crippen molar-refractivity contribution in [2.24, 2.45) is 0 Å². The van der Waals surface area contributed by atoms with Crippen LogP contribution >= 0.6 is 0 Å². The van der Waals surface area contributed by atoms with Gasteiger partial charge in [0.05, 0.1) is 10.5 Å². The van der Waals surface area contributed by atoms with E-state index < -0.39 is 4.92 Å². The molecule has 0 atom stereocenters. The molecule has 2 aliphatic heterocycles. The van der Waals surface area contributed by atoms with E-state index in [0.29, 0.717) is 29.6 Å². The number of carbonyl (C=O) groups is 1. The summed E-state index contributed by atoms with van der Waals surface area (Å²) < 4.78 is 12.0. The lowest BCUT2D eigenvalue weighted by Crippen LogP contribution is -2.41. The van der Waals surface area contributed by atoms with E-state index in [1.807, 2.05) is 13.0 Å². The normalized spacial score (nSPS) is 20.2. The number of hydrogen-bond acceptors (Lipinski definition) is 6. The number of ketones is 1. The van der Waals surface area contributed by atoms with Gasteiger partial charge in [0.15, 0.2) is 5.76 Å². The van der Waals surface area contributed by atoms with Gasteiger partial charge in [-0.05, 0) is 37.5 Å². The zero-order chi connectivity index (χ0) is 21.5. The minimum absolute atomic E-state index is 0.0276. The fourth-order valence-corrected chi connectivity index (χ4v) is 4.83. The van der Waals surface area contributed by atoms with Crippen LogP contribution in [-0.4, -0.2) is 28.4 Å². The van der Waals surface area contributed by atoms with Crippen molar-refractivity contribution in [3.8, 4) is 11.5 Å². The Hall–Kier alpha value is -3.19. The van der Waals surface area contributed by atoms with Crippen LogP contribution in [0, 0.1) is 17.0 Å². The van der Waals surface area contributed by atoms with Crippen LogP contribution < -0.4 is 9.47 Å². The molecule has 0 aromatic heterocycles. The number of allylic oxidation sites excluding steroid dienone is 1. The van der Waals surface area contributed by atoms with Gasteiger partial charge in [-0.25, -0.2) is 0 Å². The van der Waals surface area contributed by atoms with Crippen molar-refractivity contribution in [1.29, 1.82) is 0 Å². The zero-order valence-electron chi connectivity index (χ0n) is 17.4. The molecule has 0 amide bonds. The highest BCUT2D eigenvalue weighted by atomic mass is 16.6. The largest absolute Gasteiger partial charge is 0.477 e. The summed E-state index contributed by atoms with van der Waals surface area (Å²) in [7, 11) is 0. The first-order chi connectivity index (χ1) is 15.0. The van der Waals surface area contributed by atoms with E-state index in [-0.39, 0.29) is 17.2 Å². The second-order valence-corrected chi connectivity index (χ2v) is 8.47. The number of benzene rings is 2. The maximum Gasteiger partial charge on any atom is 0.270 e. The third-order valence-corrected chi connectivity index (χ3v) is 6.43. The Kier molecular flexibility index (Phi) is 4.98. The van der Waals surface area contributed by atoms with Gasteiger partial charge < -0.3 is 9.47 Å². The predicted octanol–water partition coefficient (Wildman–Crippen LogP) is 5.00. The third kappa shape index (κ3) is 3.59. The fraction of sp³-hybridized carbons (Fsp3) is 0.375. The van der Waals surface area contributed by atoms with Crippen molar-refractivity contribution in [2.45, 2.75) is 51.6 Å². The molecule has 2 aromatic rings. The molecule has 3 aliphatic rings. The van der Waals surface area contributed by atoms with Crippen molar-refractivity contribution in [1.82, 2.24) is 4.90 Å². The van der Waals surface area contributed by atoms with Gasteiger partial charge in [-0.15, -0.1) is 0 Å². The van der Waals surface area contributed by atoms with Crippen LogP contribution in [0.3, 0.4) is 0 Å². The second-order valence-electron chi connectivity index (χ2n) is 8.47. The topological polar surface area (TPSA) is 81.9 Å². The highest BCUT2D eigenvalue weighted by Gasteiger charge is 2.35. The predicted molar refractivity (Wildman–Crippen MR) is 115 cm³/mol. The molecule has 2 heterocycles. The number of nitro benzene ring substituents is 1. The Morgan fingerprint density at radius 3 is 2.74 bits per heavy atom. The average molecular weight is 420 g/mol. The summed E-state index contributed by atoms with van der Waals surface area (Å²) in [6.07, 6.45) is 7.77. The second kappa shape index (κ2) is 7.81. The van der Waals surface area contributed by atoms with Crippen molar-refractivity contribution in [2.75, 3.05) is 6.73 Å². The molecule has 31 heavy (non-hydrogen) atoms. The van der Waals surface area contributed by atoms with Gasteiger partial charge in [0, 0.05) is 35.8 Å². The lowest BCUT2D eigenvalue weighted by Gasteiger charge is -2.37. The number of fused-ring (bicyclic) bond motifs is 2. The summed E-state index contributed by atoms with van der Waals surface area (Å²) in [4.78, 5) is 26.0. The first-order valence-electron chi connectivity index (χ1n) is 10.7. The van der Waals surface area contributed by atoms with Crippen LogP contribution in [0.1, 0.15) is 59.2 Å². The van der Waals surface area contributed by atoms with Gasteiger partial charge in [-0.1, -0.05) is 31.4 Å². The molecule has 1 aliphatic carbocycles. The van der Waals surface area contributed by atoms with Crippen molar-refractivity contribution >= 4 is 17.5 Å². The van der Waals surface area contributed by atoms with Crippen molar-refractivity contribution in [3.05, 3.63) is 68.5 Å². The average Bonchev–Trinajstić information content (AvgIpc) is 3.10. The number of ether oxygens (including phenoxy) is 2. The van der Waals surface area contributed by atoms with Crippen molar-refractivity contribution in [3.63, 3.8) is 0 Å². The lowest BCUT2D eigenvalue weighted by molar-refractivity contribution is -0.384. The number of nitro groups is 1. The summed E-state index contributed by atoms with van der Waals surface area (Å²) >= 11 is 0. The van der Waals surface area contributed by atoms with E-state index in [1.165, 1.54) is 44.2 Å². The molecule has 1 fully saturated rings. The summed E-state index contributed by atoms with van der Waals surface area (Å²) in [5.41, 5.74) is 2.89. The molecule has 1 saturated carbocycles. The number of non-ortho nitro benzene ring substituents is 1. The number of rotatable bonds is 3. The highest BCUT2D eigenvalue weighted by molar-refractivity contribution is 6.15. The van der Waals surface area contributed by atoms with Gasteiger partial charge in [-0.3, -0.25) is 19.8 Å². The molecular weight excluding hydrogens is 396 g/mol. The first kappa shape index (κ1) is 19.8. The van der Waals surface area contributed by atoms with Crippen LogP contribution in [0.4, 0.5) is 5.69 Å². The number of Topliss-reactive ketones (excluding diaryl/α,β-unsaturated/α-hetero) is 1. The monoisotopic (exact) mass is 420 g/mol. The number of nitrogens with zero attached hydrogens (tertiary/aromatic N) is 2. The van der Waals surface area contributed by atoms with Crippen LogP contribution in [-0.2, 0) is 6.54 Å². The van der Waals surface area contributed by atoms with E-state index in [2.05, 4.69) is 4.90 Å². The van der Waals surface area contributed by atoms with Crippen LogP contribution in [0.2, 0.25) is 0 Å². The first-order valence-corrected chi connectivity index (χ1v) is 10.7. The van der Waals surface area contributed by atoms with Crippen LogP contribution in [0.15, 0.2) is 36.1 Å². The quantitative estimate of drug-likeness (QED) is 0.395. The minimum atomic E-state index is -0.457. The van der Waals surface area contributed by atoms with Gasteiger partial charge >= 0.3 is 0 Å². The van der Waals surface area contributed by atoms with E-state index in [9.17, 15) is 14.9 Å². The molecule has 0 radical (unpaired) electrons. The molecule has 0 saturated heterocycles. The van der Waals surface area contributed by atoms with Gasteiger partial charge in [-0.2, -0.15) is 0 Å². The summed E-state index contributed by atoms with van der Waals surface area (Å²) in [5, 5.41) is 11.0. The summed E-state index contributed by atoms with van der Waals surface area (Å²) in [5.74, 6) is 1.29. The Morgan fingerprint density at radius 2 is 1.97 bits per heavy atom. The molecular formula is C24H24N2O5. The Balaban J connectivity index is 1.44. The van der Waals surface area contributed by atoms with E-state index in [0.717, 1.165) is 23.4 Å². The fourth-order valence-electron chi connectivity index (χ4n) is 4.83. The number of hydrogen-bond donors (Lipinski definition) is 0. The molecule has 160 valence electrons. The smallest absolute Gasteiger partial charge is 0.270 e. The molecule has 0 N–H and O–H groups in total. The maximum absolute atomic E-state index is 13.1. The third-order valence-electron chi connectivity index (χ3n) is 6.43. The lowest BCUT2D eigenvalue weighted by atomic mass is 9.93. The van der Waals surface area contributed by atoms with Crippen LogP contribution in [0.25, 0.3) is 6.08 Å². The van der Waals surface area contributed by atoms with Gasteiger partial charge in [0.25, 0.3) is 5.69 Å². The molecule has 0 spiro atoms. The number of carbonyl (C=O) groups excluding carboxylic acids is 1. The molecule has 2 aromatic carbocycles. The molecule has 0 bridgehead atoms. The summed E-state index contributed by atoms with van der Waals surface area (Å²) in [6, 6.07) is 8.57. The summed E-state index contributed by atoms with van der Waals surface area (Å²) in [6.45, 7) is 3.24. The van der Waals surface area contributed by atoms with Crippen LogP contribution in [0.5, 0.6) is 11.5 Å². The minimum Gasteiger partial charge on any atom is -0.477 e. The molecule has 0 unspecified atom stereocenters. The van der Waals surface area contributed by atoms with Gasteiger partial charge in [0.2, 0.25) is 5.78 Å². The maximum atomic E-state index is 13.1. The van der Waals surface area contributed by atoms with Crippen molar-refractivity contribution < 1.29 is 19.2 Å². The Labute approximate surface area is 180 Å². The standard InChI is InChI=1S/C24H24N2O5/c1-15-23-17(13-25(14-30-23)18-7-3-2-4-8-18)12-20-22(27)21(31-24(15)20)11-16-6-5-9-19(10-16)26(28)29/h5-6,9-12,18H,2-4,7-8,13-14H2,1H3/b21-11-. The SMILES string of the molecule is Cc1c2c(cc3c1O/C(=C\c1cccc([N+](=O)[O-])c1)C3=O)CN(C1CCCCC1)CO2. The molecule has 7 heteroatoms. The Bertz CT molecular complexity index is 1100.